The van der Waals surface area contributed by atoms with Gasteiger partial charge in [-0.15, -0.1) is 0 Å². The monoisotopic (exact) mass is 476 g/mol. The lowest BCUT2D eigenvalue weighted by Crippen LogP contribution is -1.85. The van der Waals surface area contributed by atoms with Crippen LogP contribution >= 0.6 is 0 Å². The number of hydrogen-bond acceptors (Lipinski definition) is 1. The van der Waals surface area contributed by atoms with Gasteiger partial charge in [-0.1, -0.05) is 180 Å². The zero-order valence-corrected chi connectivity index (χ0v) is 23.9. The Morgan fingerprint density at radius 3 is 0.882 bits per heavy atom. The first kappa shape index (κ1) is 33.4. The van der Waals surface area contributed by atoms with Crippen LogP contribution in [-0.4, -0.2) is 5.78 Å². The molecule has 0 aromatic rings. The van der Waals surface area contributed by atoms with E-state index in [0.717, 1.165) is 6.42 Å². The molecule has 34 heavy (non-hydrogen) atoms. The maximum absolute atomic E-state index is 10.8. The average molecular weight is 477 g/mol. The molecule has 0 saturated heterocycles. The minimum atomic E-state index is 0.171. The zero-order valence-electron chi connectivity index (χ0n) is 23.9. The second-order valence-electron chi connectivity index (χ2n) is 11.0. The van der Waals surface area contributed by atoms with Gasteiger partial charge in [0.1, 0.15) is 0 Å². The fourth-order valence-electron chi connectivity index (χ4n) is 5.00. The molecule has 0 heterocycles. The van der Waals surface area contributed by atoms with E-state index in [1.165, 1.54) is 173 Å². The molecule has 0 aromatic heterocycles. The molecule has 0 aliphatic rings. The molecule has 0 unspecified atom stereocenters. The number of hydrogen-bond donors (Lipinski definition) is 0. The Labute approximate surface area is 216 Å². The second kappa shape index (κ2) is 30.4. The summed E-state index contributed by atoms with van der Waals surface area (Å²) >= 11 is 0. The topological polar surface area (TPSA) is 17.1 Å². The third-order valence-corrected chi connectivity index (χ3v) is 7.33. The van der Waals surface area contributed by atoms with Gasteiger partial charge in [0.05, 0.1) is 0 Å². The molecule has 0 atom stereocenters. The first-order valence-electron chi connectivity index (χ1n) is 15.9. The van der Waals surface area contributed by atoms with E-state index < -0.39 is 0 Å². The zero-order chi connectivity index (χ0) is 24.8. The summed E-state index contributed by atoms with van der Waals surface area (Å²) in [5.41, 5.74) is 0. The lowest BCUT2D eigenvalue weighted by Gasteiger charge is -2.04. The maximum Gasteiger partial charge on any atom is 0.152 e. The van der Waals surface area contributed by atoms with Crippen molar-refractivity contribution in [2.24, 2.45) is 0 Å². The Kier molecular flexibility index (Phi) is 29.9. The summed E-state index contributed by atoms with van der Waals surface area (Å²) in [5.74, 6) is 0.171. The van der Waals surface area contributed by atoms with Crippen molar-refractivity contribution < 1.29 is 4.79 Å². The van der Waals surface area contributed by atoms with Gasteiger partial charge in [-0.05, 0) is 25.8 Å². The van der Waals surface area contributed by atoms with Crippen LogP contribution in [0.5, 0.6) is 0 Å². The van der Waals surface area contributed by atoms with Gasteiger partial charge >= 0.3 is 0 Å². The third-order valence-electron chi connectivity index (χ3n) is 7.33. The minimum Gasteiger partial charge on any atom is -0.295 e. The summed E-state index contributed by atoms with van der Waals surface area (Å²) in [6, 6.07) is 0. The van der Waals surface area contributed by atoms with Crippen molar-refractivity contribution in [3.05, 3.63) is 12.2 Å². The van der Waals surface area contributed by atoms with E-state index in [4.69, 9.17) is 0 Å². The minimum absolute atomic E-state index is 0.171. The predicted molar refractivity (Wildman–Crippen MR) is 155 cm³/mol. The molecule has 0 rings (SSSR count). The van der Waals surface area contributed by atoms with Gasteiger partial charge < -0.3 is 0 Å². The van der Waals surface area contributed by atoms with Crippen molar-refractivity contribution in [2.75, 3.05) is 0 Å². The number of ketones is 1. The Morgan fingerprint density at radius 1 is 0.412 bits per heavy atom. The summed E-state index contributed by atoms with van der Waals surface area (Å²) in [6.07, 6.45) is 43.8. The molecule has 0 spiro atoms. The number of unbranched alkanes of at least 4 members (excludes halogenated alkanes) is 27. The smallest absolute Gasteiger partial charge is 0.152 e. The Morgan fingerprint density at radius 2 is 0.647 bits per heavy atom. The summed E-state index contributed by atoms with van der Waals surface area (Å²) < 4.78 is 0. The van der Waals surface area contributed by atoms with Gasteiger partial charge in [-0.25, -0.2) is 0 Å². The lowest BCUT2D eigenvalue weighted by molar-refractivity contribution is -0.112. The highest BCUT2D eigenvalue weighted by Crippen LogP contribution is 2.16. The van der Waals surface area contributed by atoms with Crippen LogP contribution in [0.4, 0.5) is 0 Å². The van der Waals surface area contributed by atoms with Crippen LogP contribution in [0.3, 0.4) is 0 Å². The highest BCUT2D eigenvalue weighted by Gasteiger charge is 1.96. The van der Waals surface area contributed by atoms with Crippen LogP contribution in [0.1, 0.15) is 194 Å². The summed E-state index contributed by atoms with van der Waals surface area (Å²) in [4.78, 5) is 10.8. The number of carbonyl (C=O) groups is 1. The van der Waals surface area contributed by atoms with Crippen molar-refractivity contribution in [3.63, 3.8) is 0 Å². The maximum atomic E-state index is 10.8. The standard InChI is InChI=1S/C33H64O/c1-3-4-5-6-7-8-9-10-11-12-13-14-15-16-17-18-19-20-21-22-23-24-25-26-27-28-29-30-31-32-33(2)34/h31-32H,3-30H2,1-2H3. The van der Waals surface area contributed by atoms with E-state index in [9.17, 15) is 4.79 Å². The van der Waals surface area contributed by atoms with Gasteiger partial charge in [0.25, 0.3) is 0 Å². The first-order valence-corrected chi connectivity index (χ1v) is 15.9. The molecule has 0 fully saturated rings. The highest BCUT2D eigenvalue weighted by atomic mass is 16.1. The Hall–Kier alpha value is -0.590. The van der Waals surface area contributed by atoms with Gasteiger partial charge in [-0.2, -0.15) is 0 Å². The summed E-state index contributed by atoms with van der Waals surface area (Å²) in [5, 5.41) is 0. The fourth-order valence-corrected chi connectivity index (χ4v) is 5.00. The van der Waals surface area contributed by atoms with Crippen LogP contribution in [0, 0.1) is 0 Å². The summed E-state index contributed by atoms with van der Waals surface area (Å²) in [7, 11) is 0. The molecule has 0 saturated carbocycles. The highest BCUT2D eigenvalue weighted by molar-refractivity contribution is 5.87. The van der Waals surface area contributed by atoms with Crippen molar-refractivity contribution >= 4 is 5.78 Å². The fraction of sp³-hybridized carbons (Fsp3) is 0.909. The molecule has 1 heteroatoms. The average Bonchev–Trinajstić information content (AvgIpc) is 2.83. The van der Waals surface area contributed by atoms with E-state index >= 15 is 0 Å². The quantitative estimate of drug-likeness (QED) is 0.0774. The Balaban J connectivity index is 3.03. The van der Waals surface area contributed by atoms with Crippen LogP contribution in [-0.2, 0) is 4.79 Å². The molecule has 1 nitrogen and oxygen atoms in total. The van der Waals surface area contributed by atoms with Crippen LogP contribution in [0.2, 0.25) is 0 Å². The normalized spacial score (nSPS) is 11.6. The predicted octanol–water partition coefficient (Wildman–Crippen LogP) is 12.1. The van der Waals surface area contributed by atoms with E-state index in [-0.39, 0.29) is 5.78 Å². The van der Waals surface area contributed by atoms with E-state index in [1.807, 2.05) is 6.08 Å². The van der Waals surface area contributed by atoms with E-state index in [1.54, 1.807) is 13.0 Å². The molecule has 0 aromatic carbocycles. The summed E-state index contributed by atoms with van der Waals surface area (Å²) in [6.45, 7) is 3.92. The molecular formula is C33H64O. The molecular weight excluding hydrogens is 412 g/mol. The first-order chi connectivity index (χ1) is 16.8. The second-order valence-corrected chi connectivity index (χ2v) is 11.0. The number of allylic oxidation sites excluding steroid dienone is 2. The van der Waals surface area contributed by atoms with Gasteiger partial charge in [0, 0.05) is 0 Å². The van der Waals surface area contributed by atoms with Crippen molar-refractivity contribution in [1.82, 2.24) is 0 Å². The van der Waals surface area contributed by atoms with Gasteiger partial charge in [0.2, 0.25) is 0 Å². The van der Waals surface area contributed by atoms with Gasteiger partial charge in [0.15, 0.2) is 5.78 Å². The lowest BCUT2D eigenvalue weighted by atomic mass is 10.0. The van der Waals surface area contributed by atoms with Crippen molar-refractivity contribution in [3.8, 4) is 0 Å². The van der Waals surface area contributed by atoms with Crippen LogP contribution < -0.4 is 0 Å². The Bertz CT molecular complexity index is 411. The van der Waals surface area contributed by atoms with E-state index in [0.29, 0.717) is 0 Å². The molecule has 0 aliphatic heterocycles. The number of carbonyl (C=O) groups excluding carboxylic acids is 1. The van der Waals surface area contributed by atoms with Crippen LogP contribution in [0.25, 0.3) is 0 Å². The molecule has 0 aliphatic carbocycles. The molecule has 0 bridgehead atoms. The molecule has 202 valence electrons. The SMILES string of the molecule is CCCCCCCCCCCCCCCCCCCCCCCCCCCCCC=CC(C)=O. The van der Waals surface area contributed by atoms with E-state index in [2.05, 4.69) is 6.92 Å². The molecule has 0 N–H and O–H groups in total. The van der Waals surface area contributed by atoms with Crippen molar-refractivity contribution in [1.29, 1.82) is 0 Å². The van der Waals surface area contributed by atoms with Gasteiger partial charge in [-0.3, -0.25) is 4.79 Å². The van der Waals surface area contributed by atoms with Crippen LogP contribution in [0.15, 0.2) is 12.2 Å². The third kappa shape index (κ3) is 31.4. The van der Waals surface area contributed by atoms with Crippen molar-refractivity contribution in [2.45, 2.75) is 194 Å². The molecule has 0 amide bonds. The largest absolute Gasteiger partial charge is 0.295 e. The number of rotatable bonds is 29. The molecule has 0 radical (unpaired) electrons.